The van der Waals surface area contributed by atoms with Crippen molar-refractivity contribution in [3.05, 3.63) is 29.8 Å². The average molecular weight is 243 g/mol. The van der Waals surface area contributed by atoms with E-state index in [1.165, 1.54) is 0 Å². The number of amides is 1. The summed E-state index contributed by atoms with van der Waals surface area (Å²) in [6.45, 7) is 0. The first-order chi connectivity index (χ1) is 8.61. The number of nitrogens with two attached hydrogens (primary N) is 1. The summed E-state index contributed by atoms with van der Waals surface area (Å²) < 4.78 is 0. The van der Waals surface area contributed by atoms with Gasteiger partial charge < -0.3 is 11.1 Å². The summed E-state index contributed by atoms with van der Waals surface area (Å²) in [6, 6.07) is 8.87. The summed E-state index contributed by atoms with van der Waals surface area (Å²) in [6.07, 6.45) is 4.44. The van der Waals surface area contributed by atoms with Crippen LogP contribution < -0.4 is 11.1 Å². The van der Waals surface area contributed by atoms with Crippen molar-refractivity contribution in [1.29, 1.82) is 5.26 Å². The van der Waals surface area contributed by atoms with Crippen molar-refractivity contribution in [2.24, 2.45) is 5.73 Å². The fourth-order valence-electron chi connectivity index (χ4n) is 2.41. The van der Waals surface area contributed by atoms with E-state index in [-0.39, 0.29) is 11.4 Å². The van der Waals surface area contributed by atoms with Gasteiger partial charge in [0.1, 0.15) is 0 Å². The number of nitrogens with zero attached hydrogens (tertiary/aromatic N) is 1. The Labute approximate surface area is 107 Å². The zero-order valence-electron chi connectivity index (χ0n) is 10.3. The predicted octanol–water partition coefficient (Wildman–Crippen LogP) is 2.16. The Morgan fingerprint density at radius 1 is 1.33 bits per heavy atom. The first kappa shape index (κ1) is 12.6. The van der Waals surface area contributed by atoms with Crippen LogP contribution in [-0.4, -0.2) is 11.4 Å². The Balaban J connectivity index is 1.92. The molecule has 0 aromatic heterocycles. The lowest BCUT2D eigenvalue weighted by atomic mass is 9.94. The van der Waals surface area contributed by atoms with E-state index >= 15 is 0 Å². The van der Waals surface area contributed by atoms with Crippen LogP contribution in [0.15, 0.2) is 24.3 Å². The van der Waals surface area contributed by atoms with Gasteiger partial charge in [-0.05, 0) is 37.1 Å². The lowest BCUT2D eigenvalue weighted by Gasteiger charge is -2.22. The smallest absolute Gasteiger partial charge is 0.226 e. The summed E-state index contributed by atoms with van der Waals surface area (Å²) in [5.41, 5.74) is 7.12. The van der Waals surface area contributed by atoms with Crippen molar-refractivity contribution in [1.82, 2.24) is 0 Å². The van der Waals surface area contributed by atoms with E-state index in [9.17, 15) is 4.79 Å². The average Bonchev–Trinajstić information content (AvgIpc) is 2.76. The molecule has 0 saturated heterocycles. The van der Waals surface area contributed by atoms with Crippen LogP contribution in [0.2, 0.25) is 0 Å². The molecule has 1 aromatic rings. The maximum absolute atomic E-state index is 11.9. The highest BCUT2D eigenvalue weighted by Gasteiger charge is 2.31. The largest absolute Gasteiger partial charge is 0.326 e. The molecule has 0 heterocycles. The van der Waals surface area contributed by atoms with Crippen molar-refractivity contribution >= 4 is 11.6 Å². The number of hydrogen-bond donors (Lipinski definition) is 2. The number of hydrogen-bond acceptors (Lipinski definition) is 3. The van der Waals surface area contributed by atoms with Gasteiger partial charge in [-0.1, -0.05) is 12.8 Å². The lowest BCUT2D eigenvalue weighted by molar-refractivity contribution is -0.117. The summed E-state index contributed by atoms with van der Waals surface area (Å²) in [7, 11) is 0. The van der Waals surface area contributed by atoms with Crippen LogP contribution in [0.1, 0.15) is 37.7 Å². The molecular formula is C14H17N3O. The molecule has 94 valence electrons. The van der Waals surface area contributed by atoms with Crippen LogP contribution in [0, 0.1) is 11.3 Å². The quantitative estimate of drug-likeness (QED) is 0.853. The minimum absolute atomic E-state index is 0.0518. The normalized spacial score (nSPS) is 17.1. The fraction of sp³-hybridized carbons (Fsp3) is 0.429. The van der Waals surface area contributed by atoms with E-state index in [0.717, 1.165) is 25.7 Å². The van der Waals surface area contributed by atoms with Crippen molar-refractivity contribution in [3.63, 3.8) is 0 Å². The van der Waals surface area contributed by atoms with Crippen LogP contribution in [0.3, 0.4) is 0 Å². The first-order valence-corrected chi connectivity index (χ1v) is 6.20. The number of carbonyl (C=O) groups excluding carboxylic acids is 1. The van der Waals surface area contributed by atoms with Gasteiger partial charge in [-0.25, -0.2) is 0 Å². The molecule has 3 N–H and O–H groups in total. The fourth-order valence-corrected chi connectivity index (χ4v) is 2.41. The lowest BCUT2D eigenvalue weighted by Crippen LogP contribution is -2.40. The van der Waals surface area contributed by atoms with Crippen LogP contribution in [0.4, 0.5) is 5.69 Å². The minimum atomic E-state index is -0.323. The van der Waals surface area contributed by atoms with Gasteiger partial charge in [0.2, 0.25) is 5.91 Å². The molecule has 0 bridgehead atoms. The summed E-state index contributed by atoms with van der Waals surface area (Å²) >= 11 is 0. The maximum Gasteiger partial charge on any atom is 0.226 e. The molecule has 1 aromatic carbocycles. The van der Waals surface area contributed by atoms with E-state index in [1.807, 2.05) is 6.07 Å². The molecule has 0 spiro atoms. The van der Waals surface area contributed by atoms with Crippen LogP contribution in [0.25, 0.3) is 0 Å². The van der Waals surface area contributed by atoms with Crippen LogP contribution in [0.5, 0.6) is 0 Å². The third-order valence-corrected chi connectivity index (χ3v) is 3.41. The Morgan fingerprint density at radius 2 is 1.94 bits per heavy atom. The van der Waals surface area contributed by atoms with Gasteiger partial charge in [-0.15, -0.1) is 0 Å². The molecule has 0 radical (unpaired) electrons. The van der Waals surface area contributed by atoms with Gasteiger partial charge in [0.05, 0.1) is 11.6 Å². The van der Waals surface area contributed by atoms with Gasteiger partial charge in [-0.2, -0.15) is 5.26 Å². The first-order valence-electron chi connectivity index (χ1n) is 6.20. The number of rotatable bonds is 3. The van der Waals surface area contributed by atoms with Crippen molar-refractivity contribution < 1.29 is 4.79 Å². The van der Waals surface area contributed by atoms with E-state index in [2.05, 4.69) is 5.32 Å². The Kier molecular flexibility index (Phi) is 3.63. The third-order valence-electron chi connectivity index (χ3n) is 3.41. The second kappa shape index (κ2) is 5.19. The molecule has 1 aliphatic carbocycles. The number of carbonyl (C=O) groups is 1. The van der Waals surface area contributed by atoms with Gasteiger partial charge >= 0.3 is 0 Å². The molecule has 4 heteroatoms. The molecular weight excluding hydrogens is 226 g/mol. The van der Waals surface area contributed by atoms with Crippen molar-refractivity contribution in [2.75, 3.05) is 5.32 Å². The van der Waals surface area contributed by atoms with Crippen LogP contribution >= 0.6 is 0 Å². The van der Waals surface area contributed by atoms with Gasteiger partial charge in [0, 0.05) is 17.6 Å². The van der Waals surface area contributed by atoms with E-state index in [1.54, 1.807) is 24.3 Å². The monoisotopic (exact) mass is 243 g/mol. The zero-order chi connectivity index (χ0) is 13.0. The molecule has 1 aliphatic rings. The van der Waals surface area contributed by atoms with Crippen LogP contribution in [-0.2, 0) is 4.79 Å². The van der Waals surface area contributed by atoms with Gasteiger partial charge in [0.25, 0.3) is 0 Å². The molecule has 0 atom stereocenters. The van der Waals surface area contributed by atoms with Crippen molar-refractivity contribution in [2.45, 2.75) is 37.6 Å². The van der Waals surface area contributed by atoms with Crippen molar-refractivity contribution in [3.8, 4) is 6.07 Å². The summed E-state index contributed by atoms with van der Waals surface area (Å²) in [5, 5.41) is 11.5. The standard InChI is InChI=1S/C14H17N3O/c15-10-11-3-5-12(6-4-11)17-13(18)9-14(16)7-1-2-8-14/h3-6H,1-2,7-9,16H2,(H,17,18). The number of benzene rings is 1. The molecule has 18 heavy (non-hydrogen) atoms. The topological polar surface area (TPSA) is 78.9 Å². The SMILES string of the molecule is N#Cc1ccc(NC(=O)CC2(N)CCCC2)cc1. The molecule has 1 fully saturated rings. The maximum atomic E-state index is 11.9. The van der Waals surface area contributed by atoms with E-state index in [0.29, 0.717) is 17.7 Å². The molecule has 2 rings (SSSR count). The highest BCUT2D eigenvalue weighted by molar-refractivity contribution is 5.91. The molecule has 0 aliphatic heterocycles. The summed E-state index contributed by atoms with van der Waals surface area (Å²) in [4.78, 5) is 11.9. The second-order valence-electron chi connectivity index (χ2n) is 4.98. The Morgan fingerprint density at radius 3 is 2.50 bits per heavy atom. The molecule has 1 amide bonds. The van der Waals surface area contributed by atoms with E-state index < -0.39 is 0 Å². The Bertz CT molecular complexity index is 467. The highest BCUT2D eigenvalue weighted by atomic mass is 16.1. The third kappa shape index (κ3) is 3.08. The number of anilines is 1. The highest BCUT2D eigenvalue weighted by Crippen LogP contribution is 2.30. The summed E-state index contributed by atoms with van der Waals surface area (Å²) in [5.74, 6) is -0.0518. The molecule has 1 saturated carbocycles. The predicted molar refractivity (Wildman–Crippen MR) is 69.8 cm³/mol. The minimum Gasteiger partial charge on any atom is -0.326 e. The Hall–Kier alpha value is -1.86. The second-order valence-corrected chi connectivity index (χ2v) is 4.98. The van der Waals surface area contributed by atoms with Gasteiger partial charge in [-0.3, -0.25) is 4.79 Å². The zero-order valence-corrected chi connectivity index (χ0v) is 10.3. The number of nitriles is 1. The molecule has 0 unspecified atom stereocenters. The number of nitrogens with one attached hydrogen (secondary N) is 1. The van der Waals surface area contributed by atoms with Gasteiger partial charge in [0.15, 0.2) is 0 Å². The molecule has 4 nitrogen and oxygen atoms in total. The van der Waals surface area contributed by atoms with E-state index in [4.69, 9.17) is 11.0 Å².